The van der Waals surface area contributed by atoms with Crippen LogP contribution in [0.2, 0.25) is 0 Å². The third kappa shape index (κ3) is 4.10. The highest BCUT2D eigenvalue weighted by Gasteiger charge is 2.35. The number of rotatable bonds is 7. The molecular formula is C23H33N5O3. The van der Waals surface area contributed by atoms with E-state index in [2.05, 4.69) is 15.2 Å². The van der Waals surface area contributed by atoms with Crippen LogP contribution in [-0.2, 0) is 24.1 Å². The molecule has 1 atom stereocenters. The van der Waals surface area contributed by atoms with Crippen LogP contribution in [0.4, 0.5) is 4.79 Å². The number of fused-ring (bicyclic) bond motifs is 3. The van der Waals surface area contributed by atoms with Crippen LogP contribution in [0, 0.1) is 5.92 Å². The molecule has 3 aliphatic rings. The van der Waals surface area contributed by atoms with Crippen LogP contribution < -0.4 is 10.9 Å². The molecule has 2 aliphatic carbocycles. The van der Waals surface area contributed by atoms with Crippen molar-refractivity contribution in [3.63, 3.8) is 0 Å². The number of alkyl carbamates (subject to hydrolysis) is 1. The van der Waals surface area contributed by atoms with Gasteiger partial charge in [-0.3, -0.25) is 9.69 Å². The number of amides is 1. The maximum atomic E-state index is 12.8. The van der Waals surface area contributed by atoms with E-state index in [-0.39, 0.29) is 5.56 Å². The molecule has 8 heteroatoms. The summed E-state index contributed by atoms with van der Waals surface area (Å²) in [5.41, 5.74) is 4.12. The monoisotopic (exact) mass is 427 g/mol. The van der Waals surface area contributed by atoms with E-state index >= 15 is 0 Å². The minimum absolute atomic E-state index is 0.0227. The number of hydrogen-bond acceptors (Lipinski definition) is 5. The van der Waals surface area contributed by atoms with Crippen molar-refractivity contribution in [2.24, 2.45) is 5.92 Å². The first kappa shape index (κ1) is 20.5. The standard InChI is InChI=1S/C23H33N5O3/c1-2-31-23(30)24-11-13-28-21-19(16-6-3-4-7-17(16)22(29)25-21)20(26-28)18-8-5-12-27(18)14-15-9-10-15/h15,18H,2-14H2,1H3,(H,24,30)(H,25,29)/t18-/m1/s1. The largest absolute Gasteiger partial charge is 0.450 e. The van der Waals surface area contributed by atoms with E-state index in [0.717, 1.165) is 73.4 Å². The minimum Gasteiger partial charge on any atom is -0.450 e. The number of nitrogens with zero attached hydrogens (tertiary/aromatic N) is 3. The number of aryl methyl sites for hydroxylation is 1. The molecule has 5 rings (SSSR count). The Morgan fingerprint density at radius 3 is 2.77 bits per heavy atom. The van der Waals surface area contributed by atoms with Gasteiger partial charge in [0.1, 0.15) is 5.65 Å². The van der Waals surface area contributed by atoms with Crippen LogP contribution in [-0.4, -0.2) is 52.0 Å². The Morgan fingerprint density at radius 1 is 1.19 bits per heavy atom. The Hall–Kier alpha value is -2.35. The van der Waals surface area contributed by atoms with Gasteiger partial charge in [0.25, 0.3) is 5.56 Å². The first-order chi connectivity index (χ1) is 15.2. The number of aromatic amines is 1. The van der Waals surface area contributed by atoms with E-state index in [0.29, 0.717) is 25.7 Å². The van der Waals surface area contributed by atoms with Crippen molar-refractivity contribution in [2.75, 3.05) is 26.2 Å². The Balaban J connectivity index is 1.52. The molecule has 1 amide bonds. The molecule has 2 N–H and O–H groups in total. The predicted octanol–water partition coefficient (Wildman–Crippen LogP) is 2.90. The summed E-state index contributed by atoms with van der Waals surface area (Å²) in [6, 6.07) is 0.319. The number of aromatic nitrogens is 3. The van der Waals surface area contributed by atoms with Gasteiger partial charge in [0.15, 0.2) is 0 Å². The average Bonchev–Trinajstić information content (AvgIpc) is 3.34. The van der Waals surface area contributed by atoms with Crippen LogP contribution in [0.5, 0.6) is 0 Å². The van der Waals surface area contributed by atoms with Crippen molar-refractivity contribution in [1.29, 1.82) is 0 Å². The highest BCUT2D eigenvalue weighted by molar-refractivity contribution is 5.84. The van der Waals surface area contributed by atoms with Gasteiger partial charge in [-0.2, -0.15) is 5.10 Å². The molecule has 2 fully saturated rings. The molecule has 0 bridgehead atoms. The predicted molar refractivity (Wildman–Crippen MR) is 118 cm³/mol. The highest BCUT2D eigenvalue weighted by atomic mass is 16.5. The van der Waals surface area contributed by atoms with E-state index < -0.39 is 6.09 Å². The van der Waals surface area contributed by atoms with Crippen molar-refractivity contribution in [1.82, 2.24) is 25.0 Å². The van der Waals surface area contributed by atoms with Gasteiger partial charge in [-0.15, -0.1) is 0 Å². The summed E-state index contributed by atoms with van der Waals surface area (Å²) in [5, 5.41) is 8.99. The molecule has 1 saturated carbocycles. The van der Waals surface area contributed by atoms with Gasteiger partial charge in [0, 0.05) is 24.0 Å². The molecule has 8 nitrogen and oxygen atoms in total. The van der Waals surface area contributed by atoms with Crippen LogP contribution >= 0.6 is 0 Å². The fourth-order valence-electron chi connectivity index (χ4n) is 5.35. The third-order valence-electron chi connectivity index (χ3n) is 6.99. The van der Waals surface area contributed by atoms with Crippen molar-refractivity contribution >= 4 is 17.1 Å². The van der Waals surface area contributed by atoms with Crippen LogP contribution in [0.1, 0.15) is 68.3 Å². The second kappa shape index (κ2) is 8.65. The van der Waals surface area contributed by atoms with Gasteiger partial charge in [-0.05, 0) is 76.3 Å². The Labute approximate surface area is 182 Å². The maximum absolute atomic E-state index is 12.8. The molecule has 31 heavy (non-hydrogen) atoms. The average molecular weight is 428 g/mol. The lowest BCUT2D eigenvalue weighted by Gasteiger charge is -2.24. The van der Waals surface area contributed by atoms with Gasteiger partial charge in [0.05, 0.1) is 24.9 Å². The first-order valence-corrected chi connectivity index (χ1v) is 11.9. The maximum Gasteiger partial charge on any atom is 0.407 e. The summed E-state index contributed by atoms with van der Waals surface area (Å²) in [7, 11) is 0. The topological polar surface area (TPSA) is 92.2 Å². The molecular weight excluding hydrogens is 394 g/mol. The van der Waals surface area contributed by atoms with Gasteiger partial charge >= 0.3 is 6.09 Å². The highest BCUT2D eigenvalue weighted by Crippen LogP contribution is 2.40. The minimum atomic E-state index is -0.420. The van der Waals surface area contributed by atoms with Gasteiger partial charge in [-0.1, -0.05) is 0 Å². The lowest BCUT2D eigenvalue weighted by Crippen LogP contribution is -2.28. The van der Waals surface area contributed by atoms with Gasteiger partial charge in [0.2, 0.25) is 0 Å². The second-order valence-electron chi connectivity index (χ2n) is 9.19. The zero-order valence-electron chi connectivity index (χ0n) is 18.4. The van der Waals surface area contributed by atoms with E-state index in [1.807, 2.05) is 4.68 Å². The summed E-state index contributed by atoms with van der Waals surface area (Å²) in [4.78, 5) is 30.3. The Kier molecular flexibility index (Phi) is 5.73. The summed E-state index contributed by atoms with van der Waals surface area (Å²) in [6.07, 6.45) is 8.59. The molecule has 168 valence electrons. The SMILES string of the molecule is CCOC(=O)NCCn1nc([C@H]2CCCN2CC2CC2)c2c3c(c(=O)[nH]c21)CCCC3. The fourth-order valence-corrected chi connectivity index (χ4v) is 5.35. The zero-order valence-corrected chi connectivity index (χ0v) is 18.4. The third-order valence-corrected chi connectivity index (χ3v) is 6.99. The number of nitrogens with one attached hydrogen (secondary N) is 2. The van der Waals surface area contributed by atoms with Crippen molar-refractivity contribution in [3.8, 4) is 0 Å². The molecule has 3 heterocycles. The number of likely N-dealkylation sites (tertiary alicyclic amines) is 1. The van der Waals surface area contributed by atoms with E-state index in [1.54, 1.807) is 6.92 Å². The molecule has 0 radical (unpaired) electrons. The molecule has 2 aromatic heterocycles. The van der Waals surface area contributed by atoms with Crippen molar-refractivity contribution in [3.05, 3.63) is 27.2 Å². The molecule has 0 unspecified atom stereocenters. The first-order valence-electron chi connectivity index (χ1n) is 11.9. The number of hydrogen-bond donors (Lipinski definition) is 2. The summed E-state index contributed by atoms with van der Waals surface area (Å²) in [6.45, 7) is 5.33. The van der Waals surface area contributed by atoms with E-state index in [9.17, 15) is 9.59 Å². The molecule has 2 aromatic rings. The Bertz CT molecular complexity index is 1020. The summed E-state index contributed by atoms with van der Waals surface area (Å²) in [5.74, 6) is 0.844. The van der Waals surface area contributed by atoms with E-state index in [4.69, 9.17) is 9.84 Å². The summed E-state index contributed by atoms with van der Waals surface area (Å²) >= 11 is 0. The number of ether oxygens (including phenoxy) is 1. The Morgan fingerprint density at radius 2 is 2.00 bits per heavy atom. The number of pyridine rings is 1. The molecule has 0 aromatic carbocycles. The molecule has 0 spiro atoms. The molecule has 1 aliphatic heterocycles. The number of carbonyl (C=O) groups excluding carboxylic acids is 1. The lowest BCUT2D eigenvalue weighted by atomic mass is 9.89. The fraction of sp³-hybridized carbons (Fsp3) is 0.696. The van der Waals surface area contributed by atoms with Crippen LogP contribution in [0.15, 0.2) is 4.79 Å². The smallest absolute Gasteiger partial charge is 0.407 e. The number of H-pyrrole nitrogens is 1. The van der Waals surface area contributed by atoms with Crippen LogP contribution in [0.25, 0.3) is 11.0 Å². The van der Waals surface area contributed by atoms with Crippen molar-refractivity contribution < 1.29 is 9.53 Å². The van der Waals surface area contributed by atoms with Crippen molar-refractivity contribution in [2.45, 2.75) is 70.9 Å². The van der Waals surface area contributed by atoms with E-state index in [1.165, 1.54) is 24.8 Å². The van der Waals surface area contributed by atoms with Crippen LogP contribution in [0.3, 0.4) is 0 Å². The quantitative estimate of drug-likeness (QED) is 0.709. The molecule has 1 saturated heterocycles. The lowest BCUT2D eigenvalue weighted by molar-refractivity contribution is 0.152. The zero-order chi connectivity index (χ0) is 21.4. The second-order valence-corrected chi connectivity index (χ2v) is 9.19. The summed E-state index contributed by atoms with van der Waals surface area (Å²) < 4.78 is 6.85. The van der Waals surface area contributed by atoms with Gasteiger partial charge < -0.3 is 15.0 Å². The number of carbonyl (C=O) groups is 1. The van der Waals surface area contributed by atoms with Gasteiger partial charge in [-0.25, -0.2) is 9.48 Å². The normalized spacial score (nSPS) is 21.4.